The SMILES string of the molecule is CC(C)(C)NC(=O)C1c2ccccc2C(=O)N1Cc1ccc(F)cc1Cl. The summed E-state index contributed by atoms with van der Waals surface area (Å²) >= 11 is 6.12. The highest BCUT2D eigenvalue weighted by atomic mass is 35.5. The molecule has 0 aromatic heterocycles. The minimum absolute atomic E-state index is 0.120. The summed E-state index contributed by atoms with van der Waals surface area (Å²) in [6, 6.07) is 10.3. The van der Waals surface area contributed by atoms with Crippen LogP contribution in [0.3, 0.4) is 0 Å². The van der Waals surface area contributed by atoms with Gasteiger partial charge in [-0.1, -0.05) is 35.9 Å². The van der Waals surface area contributed by atoms with E-state index in [-0.39, 0.29) is 23.4 Å². The number of nitrogens with one attached hydrogen (secondary N) is 1. The van der Waals surface area contributed by atoms with Crippen LogP contribution in [0, 0.1) is 5.82 Å². The van der Waals surface area contributed by atoms with Gasteiger partial charge in [0.1, 0.15) is 11.9 Å². The first-order valence-electron chi connectivity index (χ1n) is 8.33. The average molecular weight is 375 g/mol. The maximum absolute atomic E-state index is 13.3. The van der Waals surface area contributed by atoms with Gasteiger partial charge in [0, 0.05) is 22.7 Å². The molecule has 6 heteroatoms. The minimum Gasteiger partial charge on any atom is -0.349 e. The topological polar surface area (TPSA) is 49.4 Å². The quantitative estimate of drug-likeness (QED) is 0.879. The van der Waals surface area contributed by atoms with Crippen molar-refractivity contribution < 1.29 is 14.0 Å². The fourth-order valence-electron chi connectivity index (χ4n) is 3.09. The summed E-state index contributed by atoms with van der Waals surface area (Å²) in [7, 11) is 0. The van der Waals surface area contributed by atoms with Crippen LogP contribution in [0.5, 0.6) is 0 Å². The standard InChI is InChI=1S/C20H20ClFN2O2/c1-20(2,3)23-18(25)17-14-6-4-5-7-15(14)19(26)24(17)11-12-8-9-13(22)10-16(12)21/h4-10,17H,11H2,1-3H3,(H,23,25). The number of nitrogens with zero attached hydrogens (tertiary/aromatic N) is 1. The number of halogens is 2. The zero-order chi connectivity index (χ0) is 19.1. The molecule has 0 radical (unpaired) electrons. The summed E-state index contributed by atoms with van der Waals surface area (Å²) in [6.45, 7) is 5.77. The molecule has 0 saturated heterocycles. The molecule has 136 valence electrons. The van der Waals surface area contributed by atoms with Crippen LogP contribution in [0.1, 0.15) is 48.3 Å². The molecule has 1 unspecified atom stereocenters. The lowest BCUT2D eigenvalue weighted by Gasteiger charge is -2.29. The molecule has 26 heavy (non-hydrogen) atoms. The Labute approximate surface area is 157 Å². The van der Waals surface area contributed by atoms with Crippen molar-refractivity contribution in [1.29, 1.82) is 0 Å². The van der Waals surface area contributed by atoms with E-state index in [4.69, 9.17) is 11.6 Å². The Balaban J connectivity index is 1.99. The van der Waals surface area contributed by atoms with Crippen LogP contribution in [0.15, 0.2) is 42.5 Å². The Morgan fingerprint density at radius 2 is 1.92 bits per heavy atom. The van der Waals surface area contributed by atoms with Crippen molar-refractivity contribution in [2.45, 2.75) is 38.9 Å². The lowest BCUT2D eigenvalue weighted by Crippen LogP contribution is -2.46. The highest BCUT2D eigenvalue weighted by Gasteiger charge is 2.41. The second kappa shape index (κ2) is 6.72. The Hall–Kier alpha value is -2.40. The van der Waals surface area contributed by atoms with Crippen LogP contribution >= 0.6 is 11.6 Å². The van der Waals surface area contributed by atoms with Crippen molar-refractivity contribution in [1.82, 2.24) is 10.2 Å². The normalized spacial score (nSPS) is 16.6. The molecule has 0 aliphatic carbocycles. The van der Waals surface area contributed by atoms with Crippen molar-refractivity contribution >= 4 is 23.4 Å². The van der Waals surface area contributed by atoms with Gasteiger partial charge >= 0.3 is 0 Å². The molecule has 2 amide bonds. The van der Waals surface area contributed by atoms with Crippen LogP contribution in [0.25, 0.3) is 0 Å². The van der Waals surface area contributed by atoms with Crippen LogP contribution in [-0.4, -0.2) is 22.3 Å². The maximum Gasteiger partial charge on any atom is 0.255 e. The lowest BCUT2D eigenvalue weighted by atomic mass is 10.0. The van der Waals surface area contributed by atoms with Gasteiger partial charge in [-0.3, -0.25) is 9.59 Å². The highest BCUT2D eigenvalue weighted by Crippen LogP contribution is 2.36. The summed E-state index contributed by atoms with van der Waals surface area (Å²) in [4.78, 5) is 27.3. The van der Waals surface area contributed by atoms with E-state index in [2.05, 4.69) is 5.32 Å². The third kappa shape index (κ3) is 3.58. The molecule has 0 saturated carbocycles. The highest BCUT2D eigenvalue weighted by molar-refractivity contribution is 6.31. The molecule has 3 rings (SSSR count). The zero-order valence-corrected chi connectivity index (χ0v) is 15.6. The fourth-order valence-corrected chi connectivity index (χ4v) is 3.31. The van der Waals surface area contributed by atoms with Crippen LogP contribution in [-0.2, 0) is 11.3 Å². The number of fused-ring (bicyclic) bond motifs is 1. The molecule has 1 atom stereocenters. The molecular weight excluding hydrogens is 355 g/mol. The van der Waals surface area contributed by atoms with Gasteiger partial charge in [-0.15, -0.1) is 0 Å². The second-order valence-electron chi connectivity index (χ2n) is 7.40. The van der Waals surface area contributed by atoms with Crippen molar-refractivity contribution in [3.05, 3.63) is 70.0 Å². The molecule has 0 spiro atoms. The number of hydrogen-bond donors (Lipinski definition) is 1. The zero-order valence-electron chi connectivity index (χ0n) is 14.8. The number of amides is 2. The van der Waals surface area contributed by atoms with Gasteiger partial charge in [0.2, 0.25) is 5.91 Å². The van der Waals surface area contributed by atoms with Crippen LogP contribution in [0.2, 0.25) is 5.02 Å². The van der Waals surface area contributed by atoms with Crippen molar-refractivity contribution in [2.75, 3.05) is 0 Å². The predicted octanol–water partition coefficient (Wildman–Crippen LogP) is 4.09. The van der Waals surface area contributed by atoms with E-state index in [9.17, 15) is 14.0 Å². The summed E-state index contributed by atoms with van der Waals surface area (Å²) in [5.41, 5.74) is 1.32. The largest absolute Gasteiger partial charge is 0.349 e. The molecule has 1 heterocycles. The molecule has 1 N–H and O–H groups in total. The van der Waals surface area contributed by atoms with Crippen molar-refractivity contribution in [3.63, 3.8) is 0 Å². The monoisotopic (exact) mass is 374 g/mol. The smallest absolute Gasteiger partial charge is 0.255 e. The first-order chi connectivity index (χ1) is 12.2. The average Bonchev–Trinajstić information content (AvgIpc) is 2.81. The third-order valence-electron chi connectivity index (χ3n) is 4.16. The van der Waals surface area contributed by atoms with E-state index < -0.39 is 17.4 Å². The lowest BCUT2D eigenvalue weighted by molar-refractivity contribution is -0.127. The molecule has 2 aromatic rings. The molecule has 0 fully saturated rings. The molecule has 1 aliphatic heterocycles. The van der Waals surface area contributed by atoms with Gasteiger partial charge in [-0.05, 0) is 50.1 Å². The number of benzene rings is 2. The number of carbonyl (C=O) groups is 2. The third-order valence-corrected chi connectivity index (χ3v) is 4.51. The van der Waals surface area contributed by atoms with Crippen molar-refractivity contribution in [3.8, 4) is 0 Å². The summed E-state index contributed by atoms with van der Waals surface area (Å²) < 4.78 is 13.3. The summed E-state index contributed by atoms with van der Waals surface area (Å²) in [6.07, 6.45) is 0. The number of hydrogen-bond acceptors (Lipinski definition) is 2. The van der Waals surface area contributed by atoms with Gasteiger partial charge in [0.25, 0.3) is 5.91 Å². The van der Waals surface area contributed by atoms with Gasteiger partial charge in [-0.2, -0.15) is 0 Å². The van der Waals surface area contributed by atoms with E-state index in [1.807, 2.05) is 20.8 Å². The molecular formula is C20H20ClFN2O2. The van der Waals surface area contributed by atoms with Gasteiger partial charge in [-0.25, -0.2) is 4.39 Å². The molecule has 1 aliphatic rings. The Morgan fingerprint density at radius 3 is 2.58 bits per heavy atom. The fraction of sp³-hybridized carbons (Fsp3) is 0.300. The number of carbonyl (C=O) groups excluding carboxylic acids is 2. The van der Waals surface area contributed by atoms with E-state index in [1.54, 1.807) is 24.3 Å². The Bertz CT molecular complexity index is 876. The Kier molecular flexibility index (Phi) is 4.76. The first kappa shape index (κ1) is 18.4. The predicted molar refractivity (Wildman–Crippen MR) is 98.4 cm³/mol. The Morgan fingerprint density at radius 1 is 1.23 bits per heavy atom. The summed E-state index contributed by atoms with van der Waals surface area (Å²) in [5, 5.41) is 3.16. The van der Waals surface area contributed by atoms with E-state index in [0.717, 1.165) is 0 Å². The molecule has 0 bridgehead atoms. The van der Waals surface area contributed by atoms with E-state index in [0.29, 0.717) is 16.7 Å². The van der Waals surface area contributed by atoms with Crippen LogP contribution in [0.4, 0.5) is 4.39 Å². The van der Waals surface area contributed by atoms with Gasteiger partial charge < -0.3 is 10.2 Å². The van der Waals surface area contributed by atoms with Crippen molar-refractivity contribution in [2.24, 2.45) is 0 Å². The first-order valence-corrected chi connectivity index (χ1v) is 8.71. The number of rotatable bonds is 3. The second-order valence-corrected chi connectivity index (χ2v) is 7.81. The molecule has 4 nitrogen and oxygen atoms in total. The molecule has 2 aromatic carbocycles. The van der Waals surface area contributed by atoms with Gasteiger partial charge in [0.05, 0.1) is 0 Å². The van der Waals surface area contributed by atoms with E-state index >= 15 is 0 Å². The maximum atomic E-state index is 13.3. The van der Waals surface area contributed by atoms with E-state index in [1.165, 1.54) is 23.1 Å². The summed E-state index contributed by atoms with van der Waals surface area (Å²) in [5.74, 6) is -0.944. The minimum atomic E-state index is -0.751. The van der Waals surface area contributed by atoms with Gasteiger partial charge in [0.15, 0.2) is 0 Å². The van der Waals surface area contributed by atoms with Crippen LogP contribution < -0.4 is 5.32 Å².